The van der Waals surface area contributed by atoms with Crippen molar-refractivity contribution in [2.45, 2.75) is 31.9 Å². The third-order valence-electron chi connectivity index (χ3n) is 4.09. The fourth-order valence-electron chi connectivity index (χ4n) is 3.09. The van der Waals surface area contributed by atoms with Gasteiger partial charge in [-0.2, -0.15) is 5.10 Å². The first kappa shape index (κ1) is 15.9. The van der Waals surface area contributed by atoms with Gasteiger partial charge in [0.1, 0.15) is 18.2 Å². The molecule has 1 saturated heterocycles. The van der Waals surface area contributed by atoms with E-state index in [4.69, 9.17) is 4.74 Å². The van der Waals surface area contributed by atoms with Gasteiger partial charge in [0.25, 0.3) is 0 Å². The van der Waals surface area contributed by atoms with E-state index in [2.05, 4.69) is 20.0 Å². The monoisotopic (exact) mass is 317 g/mol. The smallest absolute Gasteiger partial charge is 0.176 e. The molecule has 0 amide bonds. The van der Waals surface area contributed by atoms with E-state index in [-0.39, 0.29) is 12.5 Å². The highest BCUT2D eigenvalue weighted by Crippen LogP contribution is 2.28. The van der Waals surface area contributed by atoms with Crippen LogP contribution in [-0.4, -0.2) is 51.7 Å². The summed E-state index contributed by atoms with van der Waals surface area (Å²) >= 11 is 0. The lowest BCUT2D eigenvalue weighted by Crippen LogP contribution is -2.36. The number of nitrogens with zero attached hydrogens (tertiary/aromatic N) is 5. The number of pyridine rings is 1. The molecular weight excluding hydrogens is 294 g/mol. The fraction of sp³-hybridized carbons (Fsp3) is 0.562. The lowest BCUT2D eigenvalue weighted by atomic mass is 9.97. The van der Waals surface area contributed by atoms with E-state index in [0.29, 0.717) is 19.0 Å². The number of piperidine rings is 1. The maximum atomic E-state index is 9.27. The standard InChI is InChI=1S/C16H23N5O2/c1-23-12-14-18-16(21(19-14)9-10-22)13-5-4-8-20(11-13)15-6-2-3-7-17-15/h2-3,6-7,13,22H,4-5,8-12H2,1H3/t13-/m1/s1. The van der Waals surface area contributed by atoms with Gasteiger partial charge in [-0.05, 0) is 25.0 Å². The number of rotatable bonds is 6. The zero-order valence-corrected chi connectivity index (χ0v) is 13.4. The molecule has 0 saturated carbocycles. The SMILES string of the molecule is COCc1nc([C@@H]2CCCN(c3ccccn3)C2)n(CCO)n1. The maximum Gasteiger partial charge on any atom is 0.176 e. The third kappa shape index (κ3) is 3.68. The summed E-state index contributed by atoms with van der Waals surface area (Å²) in [6.45, 7) is 2.79. The molecule has 2 aromatic rings. The average molecular weight is 317 g/mol. The molecule has 1 fully saturated rings. The van der Waals surface area contributed by atoms with E-state index in [0.717, 1.165) is 37.6 Å². The zero-order chi connectivity index (χ0) is 16.1. The van der Waals surface area contributed by atoms with Crippen molar-refractivity contribution in [2.75, 3.05) is 31.7 Å². The highest BCUT2D eigenvalue weighted by Gasteiger charge is 2.26. The Morgan fingerprint density at radius 3 is 3.04 bits per heavy atom. The molecule has 1 aliphatic rings. The summed E-state index contributed by atoms with van der Waals surface area (Å²) in [6.07, 6.45) is 3.98. The second-order valence-electron chi connectivity index (χ2n) is 5.74. The van der Waals surface area contributed by atoms with Gasteiger partial charge in [0, 0.05) is 32.3 Å². The van der Waals surface area contributed by atoms with Crippen LogP contribution in [0.2, 0.25) is 0 Å². The summed E-state index contributed by atoms with van der Waals surface area (Å²) in [5, 5.41) is 13.7. The van der Waals surface area contributed by atoms with Crippen molar-refractivity contribution < 1.29 is 9.84 Å². The Balaban J connectivity index is 1.80. The van der Waals surface area contributed by atoms with Crippen LogP contribution in [0.1, 0.15) is 30.4 Å². The molecule has 0 spiro atoms. The van der Waals surface area contributed by atoms with Crippen molar-refractivity contribution in [3.8, 4) is 0 Å². The second kappa shape index (κ2) is 7.52. The number of hydrogen-bond acceptors (Lipinski definition) is 6. The van der Waals surface area contributed by atoms with Crippen molar-refractivity contribution in [1.82, 2.24) is 19.7 Å². The van der Waals surface area contributed by atoms with Crippen LogP contribution in [0, 0.1) is 0 Å². The van der Waals surface area contributed by atoms with Crippen LogP contribution in [0.25, 0.3) is 0 Å². The molecule has 2 aromatic heterocycles. The van der Waals surface area contributed by atoms with Gasteiger partial charge < -0.3 is 14.7 Å². The summed E-state index contributed by atoms with van der Waals surface area (Å²) in [6, 6.07) is 5.98. The van der Waals surface area contributed by atoms with E-state index in [1.165, 1.54) is 0 Å². The summed E-state index contributed by atoms with van der Waals surface area (Å²) in [5.41, 5.74) is 0. The number of aromatic nitrogens is 4. The number of ether oxygens (including phenoxy) is 1. The molecule has 0 aromatic carbocycles. The van der Waals surface area contributed by atoms with Crippen molar-refractivity contribution in [1.29, 1.82) is 0 Å². The number of anilines is 1. The molecule has 1 atom stereocenters. The Bertz CT molecular complexity index is 616. The highest BCUT2D eigenvalue weighted by molar-refractivity contribution is 5.39. The summed E-state index contributed by atoms with van der Waals surface area (Å²) < 4.78 is 6.95. The topological polar surface area (TPSA) is 76.3 Å². The van der Waals surface area contributed by atoms with Gasteiger partial charge in [0.05, 0.1) is 13.2 Å². The van der Waals surface area contributed by atoms with Crippen molar-refractivity contribution in [3.05, 3.63) is 36.0 Å². The molecule has 0 bridgehead atoms. The number of methoxy groups -OCH3 is 1. The molecule has 0 aliphatic carbocycles. The molecule has 7 nitrogen and oxygen atoms in total. The minimum Gasteiger partial charge on any atom is -0.394 e. The van der Waals surface area contributed by atoms with Gasteiger partial charge in [-0.15, -0.1) is 0 Å². The van der Waals surface area contributed by atoms with Gasteiger partial charge in [-0.25, -0.2) is 14.6 Å². The minimum absolute atomic E-state index is 0.0550. The van der Waals surface area contributed by atoms with E-state index >= 15 is 0 Å². The Morgan fingerprint density at radius 1 is 1.39 bits per heavy atom. The third-order valence-corrected chi connectivity index (χ3v) is 4.09. The van der Waals surface area contributed by atoms with Crippen LogP contribution in [0.5, 0.6) is 0 Å². The predicted octanol–water partition coefficient (Wildman–Crippen LogP) is 1.20. The first-order valence-corrected chi connectivity index (χ1v) is 8.01. The lowest BCUT2D eigenvalue weighted by molar-refractivity contribution is 0.177. The minimum atomic E-state index is 0.0550. The average Bonchev–Trinajstić information content (AvgIpc) is 2.99. The molecule has 0 unspecified atom stereocenters. The largest absolute Gasteiger partial charge is 0.394 e. The molecule has 1 aliphatic heterocycles. The molecule has 0 radical (unpaired) electrons. The van der Waals surface area contributed by atoms with E-state index in [9.17, 15) is 5.11 Å². The summed E-state index contributed by atoms with van der Waals surface area (Å²) in [7, 11) is 1.63. The van der Waals surface area contributed by atoms with Gasteiger partial charge >= 0.3 is 0 Å². The number of hydrogen-bond donors (Lipinski definition) is 1. The molecule has 3 heterocycles. The number of aliphatic hydroxyl groups excluding tert-OH is 1. The molecule has 3 rings (SSSR count). The Labute approximate surface area is 135 Å². The fourth-order valence-corrected chi connectivity index (χ4v) is 3.09. The van der Waals surface area contributed by atoms with Crippen LogP contribution in [0.4, 0.5) is 5.82 Å². The van der Waals surface area contributed by atoms with Gasteiger partial charge in [0.15, 0.2) is 5.82 Å². The predicted molar refractivity (Wildman–Crippen MR) is 86.2 cm³/mol. The Hall–Kier alpha value is -1.99. The molecular formula is C16H23N5O2. The van der Waals surface area contributed by atoms with Crippen molar-refractivity contribution >= 4 is 5.82 Å². The van der Waals surface area contributed by atoms with E-state index in [1.54, 1.807) is 7.11 Å². The lowest BCUT2D eigenvalue weighted by Gasteiger charge is -2.33. The normalized spacial score (nSPS) is 18.3. The first-order valence-electron chi connectivity index (χ1n) is 8.01. The summed E-state index contributed by atoms with van der Waals surface area (Å²) in [4.78, 5) is 11.4. The maximum absolute atomic E-state index is 9.27. The zero-order valence-electron chi connectivity index (χ0n) is 13.4. The van der Waals surface area contributed by atoms with Gasteiger partial charge in [0.2, 0.25) is 0 Å². The quantitative estimate of drug-likeness (QED) is 0.862. The number of aliphatic hydroxyl groups is 1. The molecule has 7 heteroatoms. The van der Waals surface area contributed by atoms with Gasteiger partial charge in [-0.1, -0.05) is 6.07 Å². The molecule has 1 N–H and O–H groups in total. The van der Waals surface area contributed by atoms with Crippen LogP contribution in [0.15, 0.2) is 24.4 Å². The van der Waals surface area contributed by atoms with Crippen LogP contribution in [-0.2, 0) is 17.9 Å². The van der Waals surface area contributed by atoms with Crippen LogP contribution >= 0.6 is 0 Å². The Kier molecular flexibility index (Phi) is 5.19. The van der Waals surface area contributed by atoms with E-state index < -0.39 is 0 Å². The first-order chi connectivity index (χ1) is 11.3. The van der Waals surface area contributed by atoms with Gasteiger partial charge in [-0.3, -0.25) is 0 Å². The van der Waals surface area contributed by atoms with Crippen LogP contribution in [0.3, 0.4) is 0 Å². The second-order valence-corrected chi connectivity index (χ2v) is 5.74. The van der Waals surface area contributed by atoms with Crippen LogP contribution < -0.4 is 4.90 Å². The summed E-state index contributed by atoms with van der Waals surface area (Å²) in [5.74, 6) is 2.90. The van der Waals surface area contributed by atoms with E-state index in [1.807, 2.05) is 29.1 Å². The van der Waals surface area contributed by atoms with Crippen molar-refractivity contribution in [2.24, 2.45) is 0 Å². The highest BCUT2D eigenvalue weighted by atomic mass is 16.5. The van der Waals surface area contributed by atoms with Crippen molar-refractivity contribution in [3.63, 3.8) is 0 Å². The molecule has 23 heavy (non-hydrogen) atoms. The Morgan fingerprint density at radius 2 is 2.30 bits per heavy atom. The molecule has 124 valence electrons.